The average molecular weight is 633 g/mol. The molecule has 0 bridgehead atoms. The summed E-state index contributed by atoms with van der Waals surface area (Å²) >= 11 is 19.1. The summed E-state index contributed by atoms with van der Waals surface area (Å²) in [6.45, 7) is 2.55. The highest BCUT2D eigenvalue weighted by Crippen LogP contribution is 2.59. The van der Waals surface area contributed by atoms with Crippen molar-refractivity contribution in [2.45, 2.75) is 50.2 Å². The number of amides is 3. The maximum absolute atomic E-state index is 16.3. The van der Waals surface area contributed by atoms with Crippen LogP contribution in [0.5, 0.6) is 5.75 Å². The number of carbonyl (C=O) groups is 3. The highest BCUT2D eigenvalue weighted by molar-refractivity contribution is 6.31. The Bertz CT molecular complexity index is 1540. The van der Waals surface area contributed by atoms with Gasteiger partial charge in [-0.05, 0) is 54.2 Å². The Morgan fingerprint density at radius 3 is 2.57 bits per heavy atom. The summed E-state index contributed by atoms with van der Waals surface area (Å²) in [5, 5.41) is 6.80. The number of ether oxygens (including phenoxy) is 1. The van der Waals surface area contributed by atoms with Crippen molar-refractivity contribution in [3.05, 3.63) is 80.6 Å². The molecule has 1 unspecified atom stereocenters. The van der Waals surface area contributed by atoms with E-state index in [0.29, 0.717) is 53.7 Å². The highest BCUT2D eigenvalue weighted by Gasteiger charge is 2.63. The molecule has 2 aromatic carbocycles. The van der Waals surface area contributed by atoms with Gasteiger partial charge in [0.25, 0.3) is 0 Å². The van der Waals surface area contributed by atoms with Crippen molar-refractivity contribution in [2.75, 3.05) is 18.4 Å². The van der Waals surface area contributed by atoms with Gasteiger partial charge in [-0.2, -0.15) is 0 Å². The van der Waals surface area contributed by atoms with Crippen molar-refractivity contribution in [3.8, 4) is 5.75 Å². The van der Waals surface area contributed by atoms with Crippen LogP contribution in [0.4, 0.5) is 10.1 Å². The lowest BCUT2D eigenvalue weighted by molar-refractivity contribution is -0.135. The number of nitrogens with one attached hydrogen (secondary N) is 2. The Morgan fingerprint density at radius 2 is 1.86 bits per heavy atom. The predicted octanol–water partition coefficient (Wildman–Crippen LogP) is 6.29. The molecular formula is C31H29Cl3FN3O4. The largest absolute Gasteiger partial charge is 0.490 e. The third-order valence-electron chi connectivity index (χ3n) is 8.95. The summed E-state index contributed by atoms with van der Waals surface area (Å²) in [4.78, 5) is 41.3. The Kier molecular flexibility index (Phi) is 7.75. The normalized spacial score (nSPS) is 27.4. The fraction of sp³-hybridized carbons (Fsp3) is 0.387. The number of likely N-dealkylation sites (tertiary alicyclic amines) is 1. The second-order valence-corrected chi connectivity index (χ2v) is 12.6. The topological polar surface area (TPSA) is 87.7 Å². The van der Waals surface area contributed by atoms with E-state index in [1.54, 1.807) is 35.2 Å². The fourth-order valence-corrected chi connectivity index (χ4v) is 7.60. The van der Waals surface area contributed by atoms with Crippen LogP contribution in [0.2, 0.25) is 10.0 Å². The van der Waals surface area contributed by atoms with E-state index in [9.17, 15) is 14.4 Å². The Labute approximate surface area is 258 Å². The molecule has 2 saturated heterocycles. The number of hydrogen-bond acceptors (Lipinski definition) is 4. The zero-order valence-electron chi connectivity index (χ0n) is 22.8. The quantitative estimate of drug-likeness (QED) is 0.415. The minimum absolute atomic E-state index is 0.00826. The van der Waals surface area contributed by atoms with Gasteiger partial charge in [-0.3, -0.25) is 14.4 Å². The van der Waals surface area contributed by atoms with Crippen molar-refractivity contribution < 1.29 is 23.5 Å². The van der Waals surface area contributed by atoms with Crippen molar-refractivity contribution in [2.24, 2.45) is 11.8 Å². The summed E-state index contributed by atoms with van der Waals surface area (Å²) in [5.41, 5.74) is -0.319. The van der Waals surface area contributed by atoms with Gasteiger partial charge in [-0.15, -0.1) is 0 Å². The van der Waals surface area contributed by atoms with Crippen LogP contribution in [0.15, 0.2) is 53.6 Å². The molecule has 42 heavy (non-hydrogen) atoms. The maximum atomic E-state index is 16.3. The standard InChI is InChI=1S/C31H29Cl3FN3O4/c1-16(39)38-11-9-20(10-12-38)42-25-8-7-23(34)28(35)27(25)29-31(21-6-5-19(33)14-24(21)36-30(31)41)22(15-26(40)37-29)17-3-2-4-18(32)13-17/h2-8,14,17,20,22,29H,9-13,15H2,1H3,(H,36,41)(H,37,40)/t17?,22-,29+,31-/m0/s1. The highest BCUT2D eigenvalue weighted by atomic mass is 35.5. The number of hydrogen-bond donors (Lipinski definition) is 2. The molecule has 4 atom stereocenters. The van der Waals surface area contributed by atoms with Crippen LogP contribution in [0.1, 0.15) is 49.8 Å². The summed E-state index contributed by atoms with van der Waals surface area (Å²) in [6.07, 6.45) is 6.80. The molecule has 1 aliphatic carbocycles. The van der Waals surface area contributed by atoms with E-state index in [4.69, 9.17) is 39.5 Å². The van der Waals surface area contributed by atoms with Gasteiger partial charge in [0.15, 0.2) is 5.82 Å². The monoisotopic (exact) mass is 631 g/mol. The molecule has 3 aliphatic heterocycles. The number of benzene rings is 2. The van der Waals surface area contributed by atoms with Gasteiger partial charge < -0.3 is 20.3 Å². The molecule has 220 valence electrons. The Morgan fingerprint density at radius 1 is 1.10 bits per heavy atom. The Balaban J connectivity index is 1.50. The number of allylic oxidation sites excluding steroid dienone is 4. The lowest BCUT2D eigenvalue weighted by atomic mass is 9.56. The van der Waals surface area contributed by atoms with E-state index in [0.717, 1.165) is 0 Å². The van der Waals surface area contributed by atoms with Crippen molar-refractivity contribution in [3.63, 3.8) is 0 Å². The van der Waals surface area contributed by atoms with Crippen molar-refractivity contribution >= 4 is 58.2 Å². The molecular weight excluding hydrogens is 604 g/mol. The first kappa shape index (κ1) is 29.0. The average Bonchev–Trinajstić information content (AvgIpc) is 3.23. The summed E-state index contributed by atoms with van der Waals surface area (Å²) in [6, 6.07) is 6.94. The number of nitrogens with zero attached hydrogens (tertiary/aromatic N) is 1. The summed E-state index contributed by atoms with van der Waals surface area (Å²) in [7, 11) is 0. The molecule has 2 aromatic rings. The Hall–Kier alpha value is -3.07. The molecule has 4 aliphatic rings. The molecule has 7 nitrogen and oxygen atoms in total. The van der Waals surface area contributed by atoms with Gasteiger partial charge in [0, 0.05) is 55.0 Å². The van der Waals surface area contributed by atoms with Crippen LogP contribution < -0.4 is 15.4 Å². The van der Waals surface area contributed by atoms with Crippen LogP contribution in [-0.2, 0) is 19.8 Å². The van der Waals surface area contributed by atoms with Gasteiger partial charge in [-0.1, -0.05) is 53.0 Å². The SMILES string of the molecule is CC(=O)N1CCC(Oc2ccc(Cl)c(F)c2[C@H]2NC(=O)C[C@@H](C3C=CC=C(Cl)C3)[C@]23C(=O)Nc2cc(Cl)ccc23)CC1. The van der Waals surface area contributed by atoms with Gasteiger partial charge in [0.05, 0.1) is 16.6 Å². The number of rotatable bonds is 4. The van der Waals surface area contributed by atoms with Gasteiger partial charge >= 0.3 is 0 Å². The molecule has 2 fully saturated rings. The van der Waals surface area contributed by atoms with Crippen molar-refractivity contribution in [1.29, 1.82) is 0 Å². The molecule has 11 heteroatoms. The van der Waals surface area contributed by atoms with E-state index < -0.39 is 23.2 Å². The number of piperidine rings is 2. The second kappa shape index (κ2) is 11.2. The van der Waals surface area contributed by atoms with Crippen LogP contribution >= 0.6 is 34.8 Å². The first-order chi connectivity index (χ1) is 20.1. The number of anilines is 1. The van der Waals surface area contributed by atoms with Gasteiger partial charge in [0.2, 0.25) is 17.7 Å². The van der Waals surface area contributed by atoms with Crippen LogP contribution in [0.3, 0.4) is 0 Å². The fourth-order valence-electron chi connectivity index (χ4n) is 7.01. The molecule has 2 N–H and O–H groups in total. The van der Waals surface area contributed by atoms with Crippen LogP contribution in [0.25, 0.3) is 0 Å². The van der Waals surface area contributed by atoms with Gasteiger partial charge in [-0.25, -0.2) is 4.39 Å². The minimum atomic E-state index is -1.43. The molecule has 0 radical (unpaired) electrons. The first-order valence-electron chi connectivity index (χ1n) is 13.9. The maximum Gasteiger partial charge on any atom is 0.237 e. The molecule has 3 heterocycles. The minimum Gasteiger partial charge on any atom is -0.490 e. The number of halogens is 4. The molecule has 1 spiro atoms. The molecule has 0 aromatic heterocycles. The molecule has 0 saturated carbocycles. The first-order valence-corrected chi connectivity index (χ1v) is 15.1. The van der Waals surface area contributed by atoms with E-state index >= 15 is 4.39 Å². The lowest BCUT2D eigenvalue weighted by Crippen LogP contribution is -2.59. The summed E-state index contributed by atoms with van der Waals surface area (Å²) in [5.74, 6) is -2.17. The van der Waals surface area contributed by atoms with E-state index in [1.807, 2.05) is 12.2 Å². The van der Waals surface area contributed by atoms with Crippen LogP contribution in [-0.4, -0.2) is 41.8 Å². The zero-order valence-corrected chi connectivity index (χ0v) is 25.0. The van der Waals surface area contributed by atoms with Crippen LogP contribution in [0, 0.1) is 17.7 Å². The number of carbonyl (C=O) groups excluding carboxylic acids is 3. The third kappa shape index (κ3) is 4.87. The van der Waals surface area contributed by atoms with Crippen molar-refractivity contribution in [1.82, 2.24) is 10.2 Å². The van der Waals surface area contributed by atoms with Gasteiger partial charge in [0.1, 0.15) is 17.3 Å². The van der Waals surface area contributed by atoms with E-state index in [-0.39, 0.29) is 52.5 Å². The molecule has 3 amide bonds. The van der Waals surface area contributed by atoms with E-state index in [1.165, 1.54) is 13.0 Å². The summed E-state index contributed by atoms with van der Waals surface area (Å²) < 4.78 is 22.7. The van der Waals surface area contributed by atoms with E-state index in [2.05, 4.69) is 10.6 Å². The zero-order chi connectivity index (χ0) is 29.8. The second-order valence-electron chi connectivity index (χ2n) is 11.3. The number of fused-ring (bicyclic) bond motifs is 2. The smallest absolute Gasteiger partial charge is 0.237 e. The lowest BCUT2D eigenvalue weighted by Gasteiger charge is -2.49. The predicted molar refractivity (Wildman–Crippen MR) is 159 cm³/mol. The third-order valence-corrected chi connectivity index (χ3v) is 9.75. The molecule has 6 rings (SSSR count).